The summed E-state index contributed by atoms with van der Waals surface area (Å²) < 4.78 is 1.97. The second kappa shape index (κ2) is 6.83. The Balaban J connectivity index is 1.32. The molecule has 1 atom stereocenters. The van der Waals surface area contributed by atoms with Crippen molar-refractivity contribution >= 4 is 0 Å². The topological polar surface area (TPSA) is 36.3 Å². The predicted molar refractivity (Wildman–Crippen MR) is 91.7 cm³/mol. The zero-order valence-corrected chi connectivity index (χ0v) is 13.6. The Bertz CT molecular complexity index is 609. The molecule has 5 heteroatoms. The third-order valence-electron chi connectivity index (χ3n) is 5.01. The summed E-state index contributed by atoms with van der Waals surface area (Å²) in [5.74, 6) is 0. The molecule has 1 N–H and O–H groups in total. The van der Waals surface area contributed by atoms with Gasteiger partial charge in [-0.3, -0.25) is 9.80 Å². The van der Waals surface area contributed by atoms with Gasteiger partial charge in [-0.1, -0.05) is 18.2 Å². The van der Waals surface area contributed by atoms with Crippen molar-refractivity contribution in [3.8, 4) is 5.69 Å². The molecule has 0 radical (unpaired) electrons. The molecule has 1 aromatic carbocycles. The maximum atomic E-state index is 4.72. The van der Waals surface area contributed by atoms with E-state index in [1.165, 1.54) is 32.6 Å². The molecule has 0 aliphatic carbocycles. The lowest BCUT2D eigenvalue weighted by molar-refractivity contribution is 0.0973. The lowest BCUT2D eigenvalue weighted by Gasteiger charge is -2.37. The number of rotatable bonds is 4. The van der Waals surface area contributed by atoms with Crippen molar-refractivity contribution in [3.05, 3.63) is 48.3 Å². The zero-order valence-electron chi connectivity index (χ0n) is 13.6. The zero-order chi connectivity index (χ0) is 15.5. The average molecular weight is 311 g/mol. The van der Waals surface area contributed by atoms with E-state index >= 15 is 0 Å². The maximum Gasteiger partial charge on any atom is 0.0769 e. The molecule has 1 unspecified atom stereocenters. The Morgan fingerprint density at radius 3 is 2.61 bits per heavy atom. The first-order valence-corrected chi connectivity index (χ1v) is 8.65. The fraction of sp³-hybridized carbons (Fsp3) is 0.500. The number of piperazine rings is 1. The van der Waals surface area contributed by atoms with Gasteiger partial charge < -0.3 is 5.32 Å². The molecule has 0 saturated carbocycles. The summed E-state index contributed by atoms with van der Waals surface area (Å²) in [5, 5.41) is 8.19. The fourth-order valence-electron chi connectivity index (χ4n) is 3.64. The molecule has 0 bridgehead atoms. The molecular formula is C18H25N5. The number of nitrogens with one attached hydrogen (secondary N) is 1. The third kappa shape index (κ3) is 3.47. The van der Waals surface area contributed by atoms with Crippen LogP contribution in [0.4, 0.5) is 0 Å². The maximum absolute atomic E-state index is 4.72. The molecule has 23 heavy (non-hydrogen) atoms. The Hall–Kier alpha value is -1.69. The van der Waals surface area contributed by atoms with E-state index in [1.807, 2.05) is 22.9 Å². The summed E-state index contributed by atoms with van der Waals surface area (Å²) in [7, 11) is 0. The van der Waals surface area contributed by atoms with Crippen molar-refractivity contribution in [2.75, 3.05) is 39.3 Å². The number of para-hydroxylation sites is 1. The first-order chi connectivity index (χ1) is 11.4. The first kappa shape index (κ1) is 14.9. The lowest BCUT2D eigenvalue weighted by Crippen LogP contribution is -2.50. The van der Waals surface area contributed by atoms with Gasteiger partial charge in [0.1, 0.15) is 0 Å². The predicted octanol–water partition coefficient (Wildman–Crippen LogP) is 1.35. The highest BCUT2D eigenvalue weighted by atomic mass is 15.3. The van der Waals surface area contributed by atoms with Gasteiger partial charge in [-0.25, -0.2) is 4.68 Å². The minimum Gasteiger partial charge on any atom is -0.315 e. The van der Waals surface area contributed by atoms with Gasteiger partial charge in [0.15, 0.2) is 0 Å². The van der Waals surface area contributed by atoms with E-state index in [-0.39, 0.29) is 0 Å². The van der Waals surface area contributed by atoms with Gasteiger partial charge in [-0.05, 0) is 31.2 Å². The highest BCUT2D eigenvalue weighted by Crippen LogP contribution is 2.14. The Labute approximate surface area is 137 Å². The molecule has 2 aromatic rings. The SMILES string of the molecule is c1ccc(-n2ccc(CN3CCN(C4CCNC4)CC3)n2)cc1. The van der Waals surface area contributed by atoms with Crippen LogP contribution in [0.1, 0.15) is 12.1 Å². The van der Waals surface area contributed by atoms with Gasteiger partial charge in [-0.2, -0.15) is 5.10 Å². The van der Waals surface area contributed by atoms with Crippen molar-refractivity contribution in [1.29, 1.82) is 0 Å². The van der Waals surface area contributed by atoms with Crippen LogP contribution in [0.25, 0.3) is 5.69 Å². The second-order valence-electron chi connectivity index (χ2n) is 6.55. The van der Waals surface area contributed by atoms with Crippen LogP contribution in [0.3, 0.4) is 0 Å². The molecule has 1 aromatic heterocycles. The van der Waals surface area contributed by atoms with Gasteiger partial charge in [-0.15, -0.1) is 0 Å². The summed E-state index contributed by atoms with van der Waals surface area (Å²) in [6.45, 7) is 7.97. The molecular weight excluding hydrogens is 286 g/mol. The van der Waals surface area contributed by atoms with Crippen LogP contribution in [0, 0.1) is 0 Å². The average Bonchev–Trinajstić information content (AvgIpc) is 3.28. The minimum atomic E-state index is 0.759. The minimum absolute atomic E-state index is 0.759. The summed E-state index contributed by atoms with van der Waals surface area (Å²) in [5.41, 5.74) is 2.28. The van der Waals surface area contributed by atoms with E-state index in [4.69, 9.17) is 5.10 Å². The monoisotopic (exact) mass is 311 g/mol. The van der Waals surface area contributed by atoms with Gasteiger partial charge in [0.25, 0.3) is 0 Å². The molecule has 0 spiro atoms. The normalized spacial score (nSPS) is 23.4. The molecule has 2 fully saturated rings. The molecule has 3 heterocycles. The molecule has 2 aliphatic rings. The van der Waals surface area contributed by atoms with Gasteiger partial charge >= 0.3 is 0 Å². The number of aromatic nitrogens is 2. The lowest BCUT2D eigenvalue weighted by atomic mass is 10.2. The van der Waals surface area contributed by atoms with Crippen molar-refractivity contribution in [2.45, 2.75) is 19.0 Å². The molecule has 2 aliphatic heterocycles. The van der Waals surface area contributed by atoms with Crippen molar-refractivity contribution in [1.82, 2.24) is 24.9 Å². The molecule has 4 rings (SSSR count). The van der Waals surface area contributed by atoms with Gasteiger partial charge in [0.05, 0.1) is 11.4 Å². The molecule has 2 saturated heterocycles. The Kier molecular flexibility index (Phi) is 4.41. The van der Waals surface area contributed by atoms with Crippen LogP contribution < -0.4 is 5.32 Å². The number of nitrogens with zero attached hydrogens (tertiary/aromatic N) is 4. The Morgan fingerprint density at radius 1 is 1.04 bits per heavy atom. The van der Waals surface area contributed by atoms with E-state index in [1.54, 1.807) is 0 Å². The van der Waals surface area contributed by atoms with E-state index < -0.39 is 0 Å². The van der Waals surface area contributed by atoms with Crippen LogP contribution in [0.15, 0.2) is 42.6 Å². The second-order valence-corrected chi connectivity index (χ2v) is 6.55. The quantitative estimate of drug-likeness (QED) is 0.925. The number of hydrogen-bond donors (Lipinski definition) is 1. The van der Waals surface area contributed by atoms with Gasteiger partial charge in [0.2, 0.25) is 0 Å². The van der Waals surface area contributed by atoms with Crippen LogP contribution in [-0.2, 0) is 6.54 Å². The number of benzene rings is 1. The van der Waals surface area contributed by atoms with Crippen LogP contribution in [0.5, 0.6) is 0 Å². The van der Waals surface area contributed by atoms with Crippen LogP contribution >= 0.6 is 0 Å². The molecule has 5 nitrogen and oxygen atoms in total. The Morgan fingerprint density at radius 2 is 1.87 bits per heavy atom. The van der Waals surface area contributed by atoms with E-state index in [2.05, 4.69) is 39.5 Å². The van der Waals surface area contributed by atoms with Crippen LogP contribution in [-0.4, -0.2) is 64.9 Å². The number of hydrogen-bond acceptors (Lipinski definition) is 4. The summed E-state index contributed by atoms with van der Waals surface area (Å²) >= 11 is 0. The highest BCUT2D eigenvalue weighted by molar-refractivity contribution is 5.30. The largest absolute Gasteiger partial charge is 0.315 e. The molecule has 122 valence electrons. The van der Waals surface area contributed by atoms with E-state index in [0.717, 1.165) is 37.1 Å². The summed E-state index contributed by atoms with van der Waals surface area (Å²) in [6.07, 6.45) is 3.37. The van der Waals surface area contributed by atoms with E-state index in [9.17, 15) is 0 Å². The fourth-order valence-corrected chi connectivity index (χ4v) is 3.64. The third-order valence-corrected chi connectivity index (χ3v) is 5.01. The summed E-state index contributed by atoms with van der Waals surface area (Å²) in [4.78, 5) is 5.18. The standard InChI is InChI=1S/C18H25N5/c1-2-4-17(5-3-1)23-9-7-16(20-23)15-21-10-12-22(13-11-21)18-6-8-19-14-18/h1-5,7,9,18-19H,6,8,10-15H2. The summed E-state index contributed by atoms with van der Waals surface area (Å²) in [6, 6.07) is 13.2. The van der Waals surface area contributed by atoms with Crippen molar-refractivity contribution in [3.63, 3.8) is 0 Å². The molecule has 0 amide bonds. The van der Waals surface area contributed by atoms with Gasteiger partial charge in [0, 0.05) is 51.5 Å². The highest BCUT2D eigenvalue weighted by Gasteiger charge is 2.26. The van der Waals surface area contributed by atoms with Crippen molar-refractivity contribution < 1.29 is 0 Å². The van der Waals surface area contributed by atoms with Crippen molar-refractivity contribution in [2.24, 2.45) is 0 Å². The van der Waals surface area contributed by atoms with E-state index in [0.29, 0.717) is 0 Å². The first-order valence-electron chi connectivity index (χ1n) is 8.65. The smallest absolute Gasteiger partial charge is 0.0769 e. The van der Waals surface area contributed by atoms with Crippen LogP contribution in [0.2, 0.25) is 0 Å².